The Bertz CT molecular complexity index is 623. The number of carbonyl (C=O) groups excluding carboxylic acids is 1. The van der Waals surface area contributed by atoms with Crippen LogP contribution in [-0.2, 0) is 9.59 Å². The van der Waals surface area contributed by atoms with Crippen LogP contribution < -0.4 is 5.32 Å². The second-order valence-electron chi connectivity index (χ2n) is 6.66. The Balaban J connectivity index is 0.000000277. The second-order valence-corrected chi connectivity index (χ2v) is 6.66. The van der Waals surface area contributed by atoms with E-state index < -0.39 is 12.1 Å². The van der Waals surface area contributed by atoms with Gasteiger partial charge in [-0.25, -0.2) is 4.79 Å². The Morgan fingerprint density at radius 3 is 2.32 bits per heavy atom. The van der Waals surface area contributed by atoms with Gasteiger partial charge in [0.2, 0.25) is 5.91 Å². The molecule has 2 saturated carbocycles. The van der Waals surface area contributed by atoms with Crippen LogP contribution >= 0.6 is 0 Å². The summed E-state index contributed by atoms with van der Waals surface area (Å²) in [6.07, 6.45) is 4.19. The van der Waals surface area contributed by atoms with Crippen molar-refractivity contribution in [1.29, 1.82) is 0 Å². The van der Waals surface area contributed by atoms with E-state index in [4.69, 9.17) is 9.90 Å². The molecule has 1 unspecified atom stereocenters. The zero-order valence-corrected chi connectivity index (χ0v) is 13.9. The van der Waals surface area contributed by atoms with E-state index in [0.717, 1.165) is 17.8 Å². The topological polar surface area (TPSA) is 79.3 Å². The van der Waals surface area contributed by atoms with Crippen molar-refractivity contribution < 1.29 is 27.9 Å². The van der Waals surface area contributed by atoms with E-state index in [9.17, 15) is 18.0 Å². The van der Waals surface area contributed by atoms with Gasteiger partial charge >= 0.3 is 12.1 Å². The molecule has 2 fully saturated rings. The molecule has 0 saturated heterocycles. The van der Waals surface area contributed by atoms with Crippen LogP contribution in [0.3, 0.4) is 0 Å². The van der Waals surface area contributed by atoms with Crippen molar-refractivity contribution in [1.82, 2.24) is 4.98 Å². The van der Waals surface area contributed by atoms with Gasteiger partial charge in [0.05, 0.1) is 11.9 Å². The number of pyridine rings is 1. The summed E-state index contributed by atoms with van der Waals surface area (Å²) < 4.78 is 31.7. The first-order chi connectivity index (χ1) is 11.6. The Kier molecular flexibility index (Phi) is 5.69. The minimum atomic E-state index is -5.08. The van der Waals surface area contributed by atoms with E-state index in [1.54, 1.807) is 6.20 Å². The quantitative estimate of drug-likeness (QED) is 0.839. The van der Waals surface area contributed by atoms with E-state index in [1.807, 2.05) is 19.1 Å². The Labute approximate surface area is 143 Å². The number of aryl methyl sites for hydroxylation is 1. The monoisotopic (exact) mass is 358 g/mol. The van der Waals surface area contributed by atoms with Gasteiger partial charge in [-0.15, -0.1) is 0 Å². The molecule has 1 heterocycles. The number of carbonyl (C=O) groups is 2. The van der Waals surface area contributed by atoms with Crippen molar-refractivity contribution in [2.45, 2.75) is 51.6 Å². The Morgan fingerprint density at radius 2 is 1.84 bits per heavy atom. The highest BCUT2D eigenvalue weighted by atomic mass is 19.4. The molecule has 2 N–H and O–H groups in total. The average Bonchev–Trinajstić information content (AvgIpc) is 3.23. The zero-order valence-electron chi connectivity index (χ0n) is 13.9. The summed E-state index contributed by atoms with van der Waals surface area (Å²) in [6, 6.07) is 3.86. The van der Waals surface area contributed by atoms with E-state index in [1.165, 1.54) is 32.1 Å². The molecule has 2 aliphatic rings. The predicted molar refractivity (Wildman–Crippen MR) is 84.9 cm³/mol. The third kappa shape index (κ3) is 5.17. The molecule has 25 heavy (non-hydrogen) atoms. The van der Waals surface area contributed by atoms with Crippen LogP contribution in [0.2, 0.25) is 0 Å². The number of carboxylic acids is 1. The van der Waals surface area contributed by atoms with E-state index in [-0.39, 0.29) is 11.8 Å². The number of carboxylic acid groups (broad SMARTS) is 1. The summed E-state index contributed by atoms with van der Waals surface area (Å²) in [6.45, 7) is 1.95. The van der Waals surface area contributed by atoms with Crippen LogP contribution in [0.25, 0.3) is 0 Å². The lowest BCUT2D eigenvalue weighted by Crippen LogP contribution is -2.21. The number of hydrogen-bond acceptors (Lipinski definition) is 3. The summed E-state index contributed by atoms with van der Waals surface area (Å²) in [5.41, 5.74) is 2.16. The minimum Gasteiger partial charge on any atom is -0.475 e. The number of nitrogens with zero attached hydrogens (tertiary/aromatic N) is 1. The molecule has 1 amide bonds. The predicted octanol–water partition coefficient (Wildman–Crippen LogP) is 3.93. The Hall–Kier alpha value is -2.12. The fraction of sp³-hybridized carbons (Fsp3) is 0.588. The molecule has 2 aliphatic carbocycles. The lowest BCUT2D eigenvalue weighted by atomic mass is 9.84. The molecule has 0 bridgehead atoms. The van der Waals surface area contributed by atoms with Gasteiger partial charge < -0.3 is 10.4 Å². The molecule has 5 nitrogen and oxygen atoms in total. The van der Waals surface area contributed by atoms with E-state index in [0.29, 0.717) is 5.41 Å². The SMILES string of the molecule is Cc1ccc(NC(=O)C2CC23CCCCC3)cn1.O=C(O)C(F)(F)F. The van der Waals surface area contributed by atoms with Crippen molar-refractivity contribution in [3.05, 3.63) is 24.0 Å². The third-order valence-corrected chi connectivity index (χ3v) is 4.78. The zero-order chi connectivity index (χ0) is 18.7. The Morgan fingerprint density at radius 1 is 1.24 bits per heavy atom. The molecule has 0 aromatic carbocycles. The molecule has 3 rings (SSSR count). The number of halogens is 3. The number of anilines is 1. The van der Waals surface area contributed by atoms with Crippen molar-refractivity contribution >= 4 is 17.6 Å². The van der Waals surface area contributed by atoms with Crippen molar-refractivity contribution in [2.24, 2.45) is 11.3 Å². The van der Waals surface area contributed by atoms with Gasteiger partial charge in [-0.2, -0.15) is 13.2 Å². The summed E-state index contributed by atoms with van der Waals surface area (Å²) in [4.78, 5) is 25.3. The number of rotatable bonds is 2. The fourth-order valence-electron chi connectivity index (χ4n) is 3.30. The number of alkyl halides is 3. The number of aliphatic carboxylic acids is 1. The molecule has 1 atom stereocenters. The van der Waals surface area contributed by atoms with Gasteiger partial charge in [-0.05, 0) is 43.7 Å². The van der Waals surface area contributed by atoms with Crippen molar-refractivity contribution in [2.75, 3.05) is 5.32 Å². The van der Waals surface area contributed by atoms with E-state index in [2.05, 4.69) is 10.3 Å². The molecule has 0 radical (unpaired) electrons. The summed E-state index contributed by atoms with van der Waals surface area (Å²) in [7, 11) is 0. The van der Waals surface area contributed by atoms with Crippen molar-refractivity contribution in [3.8, 4) is 0 Å². The number of nitrogens with one attached hydrogen (secondary N) is 1. The first-order valence-electron chi connectivity index (χ1n) is 8.18. The third-order valence-electron chi connectivity index (χ3n) is 4.78. The molecule has 1 aromatic heterocycles. The lowest BCUT2D eigenvalue weighted by molar-refractivity contribution is -0.192. The fourth-order valence-corrected chi connectivity index (χ4v) is 3.30. The molecular weight excluding hydrogens is 337 g/mol. The number of amides is 1. The molecule has 1 spiro atoms. The molecule has 138 valence electrons. The second kappa shape index (κ2) is 7.41. The molecule has 8 heteroatoms. The maximum Gasteiger partial charge on any atom is 0.490 e. The van der Waals surface area contributed by atoms with Gasteiger partial charge in [0, 0.05) is 11.6 Å². The van der Waals surface area contributed by atoms with Crippen LogP contribution in [0.5, 0.6) is 0 Å². The van der Waals surface area contributed by atoms with Crippen molar-refractivity contribution in [3.63, 3.8) is 0 Å². The molecular formula is C17H21F3N2O3. The number of aromatic nitrogens is 1. The van der Waals surface area contributed by atoms with Gasteiger partial charge in [-0.1, -0.05) is 19.3 Å². The molecule has 0 aliphatic heterocycles. The molecule has 1 aromatic rings. The maximum atomic E-state index is 12.2. The summed E-state index contributed by atoms with van der Waals surface area (Å²) in [5.74, 6) is -2.31. The first kappa shape index (κ1) is 19.2. The summed E-state index contributed by atoms with van der Waals surface area (Å²) in [5, 5.41) is 10.1. The van der Waals surface area contributed by atoms with Crippen LogP contribution in [0.15, 0.2) is 18.3 Å². The van der Waals surface area contributed by atoms with Crippen LogP contribution in [-0.4, -0.2) is 28.1 Å². The van der Waals surface area contributed by atoms with Gasteiger partial charge in [-0.3, -0.25) is 9.78 Å². The highest BCUT2D eigenvalue weighted by molar-refractivity contribution is 5.94. The van der Waals surface area contributed by atoms with Gasteiger partial charge in [0.25, 0.3) is 0 Å². The lowest BCUT2D eigenvalue weighted by Gasteiger charge is -2.22. The minimum absolute atomic E-state index is 0.197. The smallest absolute Gasteiger partial charge is 0.475 e. The van der Waals surface area contributed by atoms with E-state index >= 15 is 0 Å². The number of hydrogen-bond donors (Lipinski definition) is 2. The highest BCUT2D eigenvalue weighted by Crippen LogP contribution is 2.61. The van der Waals surface area contributed by atoms with Gasteiger partial charge in [0.15, 0.2) is 0 Å². The first-order valence-corrected chi connectivity index (χ1v) is 8.18. The maximum absolute atomic E-state index is 12.2. The van der Waals surface area contributed by atoms with Crippen LogP contribution in [0.4, 0.5) is 18.9 Å². The average molecular weight is 358 g/mol. The largest absolute Gasteiger partial charge is 0.490 e. The highest BCUT2D eigenvalue weighted by Gasteiger charge is 2.57. The normalized spacial score (nSPS) is 21.0. The summed E-state index contributed by atoms with van der Waals surface area (Å²) >= 11 is 0. The standard InChI is InChI=1S/C15H20N2O.C2HF3O2/c1-11-5-6-12(10-16-11)17-14(18)13-9-15(13)7-3-2-4-8-15;3-2(4,5)1(6)7/h5-6,10,13H,2-4,7-9H2,1H3,(H,17,18);(H,6,7). The van der Waals surface area contributed by atoms with Gasteiger partial charge in [0.1, 0.15) is 0 Å². The van der Waals surface area contributed by atoms with Crippen LogP contribution in [0, 0.1) is 18.3 Å². The van der Waals surface area contributed by atoms with Crippen LogP contribution in [0.1, 0.15) is 44.2 Å².